The molecule has 9 heteroatoms. The number of hydrogen-bond acceptors (Lipinski definition) is 6. The van der Waals surface area contributed by atoms with Gasteiger partial charge in [0.15, 0.2) is 0 Å². The van der Waals surface area contributed by atoms with Gasteiger partial charge < -0.3 is 9.26 Å². The van der Waals surface area contributed by atoms with E-state index in [0.29, 0.717) is 19.4 Å². The van der Waals surface area contributed by atoms with Gasteiger partial charge in [0.1, 0.15) is 17.5 Å². The molecule has 8 nitrogen and oxygen atoms in total. The second-order valence-electron chi connectivity index (χ2n) is 6.14. The topological polar surface area (TPSA) is 91.8 Å². The van der Waals surface area contributed by atoms with Gasteiger partial charge in [0.2, 0.25) is 0 Å². The number of aromatic nitrogens is 2. The van der Waals surface area contributed by atoms with Gasteiger partial charge in [-0.05, 0) is 18.9 Å². The van der Waals surface area contributed by atoms with Crippen LogP contribution in [0.2, 0.25) is 0 Å². The number of ether oxygens (including phenoxy) is 1. The Morgan fingerprint density at radius 3 is 3.04 bits per heavy atom. The molecule has 3 atom stereocenters. The fraction of sp³-hybridized carbons (Fsp3) is 0.333. The predicted octanol–water partition coefficient (Wildman–Crippen LogP) is 2.05. The molecule has 0 bridgehead atoms. The highest BCUT2D eigenvalue weighted by atomic mass is 31.2. The summed E-state index contributed by atoms with van der Waals surface area (Å²) in [5.74, 6) is 3.03. The van der Waals surface area contributed by atoms with Crippen LogP contribution in [-0.2, 0) is 20.4 Å². The van der Waals surface area contributed by atoms with E-state index in [4.69, 9.17) is 24.7 Å². The number of fused-ring (bicyclic) bond motifs is 1. The van der Waals surface area contributed by atoms with Gasteiger partial charge in [0.05, 0.1) is 19.3 Å². The summed E-state index contributed by atoms with van der Waals surface area (Å²) in [4.78, 5) is 25.8. The molecule has 0 spiro atoms. The molecule has 4 rings (SSSR count). The van der Waals surface area contributed by atoms with Crippen LogP contribution in [0.3, 0.4) is 0 Å². The highest BCUT2D eigenvalue weighted by Crippen LogP contribution is 2.47. The lowest BCUT2D eigenvalue weighted by Crippen LogP contribution is -2.33. The van der Waals surface area contributed by atoms with Crippen LogP contribution in [0.25, 0.3) is 0 Å². The maximum absolute atomic E-state index is 12.0. The minimum atomic E-state index is -1.48. The number of aromatic amines is 1. The first-order valence-electron chi connectivity index (χ1n) is 8.43. The van der Waals surface area contributed by atoms with Crippen LogP contribution in [0, 0.1) is 12.3 Å². The SMILES string of the molecule is C#Cc1cn(C2CCC(COP3OCc4ccccc4O3)O2)c(=O)[nH]c1=O. The number of benzene rings is 1. The lowest BCUT2D eigenvalue weighted by molar-refractivity contribution is -0.0229. The van der Waals surface area contributed by atoms with Crippen LogP contribution in [0.1, 0.15) is 30.2 Å². The fourth-order valence-electron chi connectivity index (χ4n) is 2.96. The monoisotopic (exact) mass is 388 g/mol. The Bertz CT molecular complexity index is 994. The highest BCUT2D eigenvalue weighted by Gasteiger charge is 2.30. The number of para-hydroxylation sites is 1. The molecule has 3 heterocycles. The van der Waals surface area contributed by atoms with Gasteiger partial charge in [0.25, 0.3) is 5.56 Å². The zero-order valence-corrected chi connectivity index (χ0v) is 15.2. The van der Waals surface area contributed by atoms with Crippen molar-refractivity contribution in [3.63, 3.8) is 0 Å². The van der Waals surface area contributed by atoms with E-state index in [1.807, 2.05) is 24.3 Å². The molecule has 0 saturated carbocycles. The van der Waals surface area contributed by atoms with E-state index in [-0.39, 0.29) is 18.3 Å². The zero-order chi connectivity index (χ0) is 18.8. The number of nitrogens with one attached hydrogen (secondary N) is 1. The first-order valence-corrected chi connectivity index (χ1v) is 9.53. The smallest absolute Gasteiger partial charge is 0.397 e. The van der Waals surface area contributed by atoms with Crippen LogP contribution in [0.4, 0.5) is 0 Å². The maximum Gasteiger partial charge on any atom is 0.397 e. The van der Waals surface area contributed by atoms with E-state index in [1.54, 1.807) is 0 Å². The van der Waals surface area contributed by atoms with Crippen molar-refractivity contribution in [1.29, 1.82) is 0 Å². The summed E-state index contributed by atoms with van der Waals surface area (Å²) in [6, 6.07) is 7.65. The first-order chi connectivity index (χ1) is 13.1. The second-order valence-corrected chi connectivity index (χ2v) is 7.28. The van der Waals surface area contributed by atoms with Crippen molar-refractivity contribution in [2.45, 2.75) is 31.8 Å². The summed E-state index contributed by atoms with van der Waals surface area (Å²) < 4.78 is 24.2. The summed E-state index contributed by atoms with van der Waals surface area (Å²) in [5, 5.41) is 0. The largest absolute Gasteiger partial charge is 0.426 e. The number of hydrogen-bond donors (Lipinski definition) is 1. The number of rotatable bonds is 4. The minimum Gasteiger partial charge on any atom is -0.426 e. The zero-order valence-electron chi connectivity index (χ0n) is 14.3. The summed E-state index contributed by atoms with van der Waals surface area (Å²) >= 11 is 0. The molecule has 2 aliphatic rings. The van der Waals surface area contributed by atoms with Crippen molar-refractivity contribution < 1.29 is 18.3 Å². The summed E-state index contributed by atoms with van der Waals surface area (Å²) in [6.45, 7) is 0.724. The molecule has 0 amide bonds. The van der Waals surface area contributed by atoms with Crippen LogP contribution in [-0.4, -0.2) is 22.3 Å². The van der Waals surface area contributed by atoms with Gasteiger partial charge in [-0.1, -0.05) is 24.1 Å². The van der Waals surface area contributed by atoms with Crippen molar-refractivity contribution in [2.24, 2.45) is 0 Å². The van der Waals surface area contributed by atoms with Gasteiger partial charge in [-0.25, -0.2) is 4.79 Å². The molecule has 1 fully saturated rings. The molecule has 2 aromatic rings. The van der Waals surface area contributed by atoms with Crippen LogP contribution < -0.4 is 15.8 Å². The molecule has 27 heavy (non-hydrogen) atoms. The lowest BCUT2D eigenvalue weighted by atomic mass is 10.2. The third kappa shape index (κ3) is 3.82. The third-order valence-electron chi connectivity index (χ3n) is 4.36. The Kier molecular flexibility index (Phi) is 5.10. The van der Waals surface area contributed by atoms with Crippen molar-refractivity contribution in [1.82, 2.24) is 9.55 Å². The molecule has 140 valence electrons. The second kappa shape index (κ2) is 7.67. The molecule has 1 aromatic carbocycles. The Hall–Kier alpha value is -2.43. The van der Waals surface area contributed by atoms with Gasteiger partial charge in [0, 0.05) is 11.8 Å². The van der Waals surface area contributed by atoms with Gasteiger partial charge in [-0.3, -0.25) is 23.4 Å². The Morgan fingerprint density at radius 2 is 2.19 bits per heavy atom. The average Bonchev–Trinajstić information content (AvgIpc) is 3.15. The van der Waals surface area contributed by atoms with Crippen LogP contribution in [0.5, 0.6) is 5.75 Å². The Morgan fingerprint density at radius 1 is 1.33 bits per heavy atom. The summed E-state index contributed by atoms with van der Waals surface area (Å²) in [7, 11) is -1.48. The summed E-state index contributed by atoms with van der Waals surface area (Å²) in [6.07, 6.45) is 7.22. The molecule has 1 saturated heterocycles. The van der Waals surface area contributed by atoms with E-state index >= 15 is 0 Å². The number of nitrogens with zero attached hydrogens (tertiary/aromatic N) is 1. The molecular weight excluding hydrogens is 371 g/mol. The average molecular weight is 388 g/mol. The highest BCUT2D eigenvalue weighted by molar-refractivity contribution is 7.42. The standard InChI is InChI=1S/C18H17N2O6P/c1-2-12-9-20(18(22)19-17(12)21)16-8-7-14(25-16)11-24-27-23-10-13-5-3-4-6-15(13)26-27/h1,3-6,9,14,16H,7-8,10-11H2,(H,19,21,22). The van der Waals surface area contributed by atoms with Crippen molar-refractivity contribution >= 4 is 8.60 Å². The number of H-pyrrole nitrogens is 1. The van der Waals surface area contributed by atoms with Crippen LogP contribution in [0.15, 0.2) is 40.1 Å². The van der Waals surface area contributed by atoms with Crippen molar-refractivity contribution in [2.75, 3.05) is 6.61 Å². The molecule has 0 radical (unpaired) electrons. The van der Waals surface area contributed by atoms with E-state index in [0.717, 1.165) is 11.3 Å². The first kappa shape index (κ1) is 18.0. The molecule has 3 unspecified atom stereocenters. The van der Waals surface area contributed by atoms with Crippen molar-refractivity contribution in [3.8, 4) is 18.1 Å². The summed E-state index contributed by atoms with van der Waals surface area (Å²) in [5.41, 5.74) is -0.0559. The van der Waals surface area contributed by atoms with E-state index in [9.17, 15) is 9.59 Å². The van der Waals surface area contributed by atoms with E-state index in [1.165, 1.54) is 10.8 Å². The molecule has 1 N–H and O–H groups in total. The molecule has 2 aliphatic heterocycles. The normalized spacial score (nSPS) is 24.0. The van der Waals surface area contributed by atoms with E-state index in [2.05, 4.69) is 10.9 Å². The van der Waals surface area contributed by atoms with Gasteiger partial charge in [-0.15, -0.1) is 6.42 Å². The predicted molar refractivity (Wildman–Crippen MR) is 97.1 cm³/mol. The molecular formula is C18H17N2O6P. The van der Waals surface area contributed by atoms with Crippen LogP contribution >= 0.6 is 8.60 Å². The van der Waals surface area contributed by atoms with Gasteiger partial charge >= 0.3 is 14.3 Å². The molecule has 1 aromatic heterocycles. The Labute approximate surface area is 156 Å². The van der Waals surface area contributed by atoms with Crippen molar-refractivity contribution in [3.05, 3.63) is 62.4 Å². The minimum absolute atomic E-state index is 0.0871. The quantitative estimate of drug-likeness (QED) is 0.637. The molecule has 0 aliphatic carbocycles. The maximum atomic E-state index is 12.0. The fourth-order valence-corrected chi connectivity index (χ4v) is 4.02. The third-order valence-corrected chi connectivity index (χ3v) is 5.40. The lowest BCUT2D eigenvalue weighted by Gasteiger charge is -2.24. The van der Waals surface area contributed by atoms with E-state index < -0.39 is 26.1 Å². The van der Waals surface area contributed by atoms with Gasteiger partial charge in [-0.2, -0.15) is 0 Å². The number of terminal acetylenes is 1. The Balaban J connectivity index is 1.35.